The molecule has 1 atom stereocenters. The minimum Gasteiger partial charge on any atom is -0.497 e. The van der Waals surface area contributed by atoms with Crippen LogP contribution in [0.1, 0.15) is 24.3 Å². The van der Waals surface area contributed by atoms with E-state index in [-0.39, 0.29) is 5.91 Å². The first-order valence-corrected chi connectivity index (χ1v) is 8.75. The number of amides is 1. The van der Waals surface area contributed by atoms with Crippen LogP contribution in [0.5, 0.6) is 5.75 Å². The summed E-state index contributed by atoms with van der Waals surface area (Å²) in [6.07, 6.45) is 1.51. The van der Waals surface area contributed by atoms with Crippen molar-refractivity contribution in [1.82, 2.24) is 14.7 Å². The van der Waals surface area contributed by atoms with Crippen LogP contribution in [0.3, 0.4) is 0 Å². The fourth-order valence-corrected chi connectivity index (χ4v) is 3.15. The molecule has 8 heteroatoms. The average Bonchev–Trinajstić information content (AvgIpc) is 3.14. The van der Waals surface area contributed by atoms with Crippen LogP contribution in [0.2, 0.25) is 0 Å². The molecule has 25 heavy (non-hydrogen) atoms. The van der Waals surface area contributed by atoms with Crippen LogP contribution in [0.4, 0.5) is 0 Å². The normalized spacial score (nSPS) is 15.6. The number of likely N-dealkylation sites (tertiary alicyclic amines) is 1. The molecule has 7 nitrogen and oxygen atoms in total. The molecule has 1 unspecified atom stereocenters. The number of carbonyl (C=O) groups excluding carboxylic acids is 1. The van der Waals surface area contributed by atoms with E-state index in [1.165, 1.54) is 10.5 Å². The fraction of sp³-hybridized carbons (Fsp3) is 0.471. The summed E-state index contributed by atoms with van der Waals surface area (Å²) >= 11 is 5.26. The standard InChI is InChI=1S/C17H22N4O3S/c1-19(10-13-5-7-14(23-2)8-6-13)12-21-17(25)24-15(18-21)11-20-9-3-4-16(20)22/h5-8H,3-4,9-12H2,1-2H3/p+1. The maximum absolute atomic E-state index is 11.7. The van der Waals surface area contributed by atoms with E-state index < -0.39 is 0 Å². The summed E-state index contributed by atoms with van der Waals surface area (Å²) in [5.41, 5.74) is 1.20. The Labute approximate surface area is 151 Å². The highest BCUT2D eigenvalue weighted by molar-refractivity contribution is 7.71. The second-order valence-corrected chi connectivity index (χ2v) is 6.67. The Morgan fingerprint density at radius 2 is 2.12 bits per heavy atom. The zero-order valence-electron chi connectivity index (χ0n) is 14.5. The SMILES string of the molecule is COc1ccc(C[NH+](C)Cn2nc(CN3CCCC3=O)oc2=S)cc1. The molecule has 0 bridgehead atoms. The molecule has 1 aliphatic rings. The van der Waals surface area contributed by atoms with Gasteiger partial charge in [0, 0.05) is 18.5 Å². The van der Waals surface area contributed by atoms with Gasteiger partial charge in [-0.3, -0.25) is 4.79 Å². The molecule has 1 aliphatic heterocycles. The summed E-state index contributed by atoms with van der Waals surface area (Å²) < 4.78 is 12.4. The smallest absolute Gasteiger partial charge is 0.291 e. The Kier molecular flexibility index (Phi) is 5.50. The highest BCUT2D eigenvalue weighted by Crippen LogP contribution is 2.13. The average molecular weight is 363 g/mol. The van der Waals surface area contributed by atoms with Crippen LogP contribution in [0, 0.1) is 4.84 Å². The van der Waals surface area contributed by atoms with Crippen molar-refractivity contribution in [3.05, 3.63) is 40.6 Å². The molecule has 1 aromatic carbocycles. The number of aromatic nitrogens is 2. The third kappa shape index (κ3) is 4.46. The number of nitrogens with one attached hydrogen (secondary N) is 1. The van der Waals surface area contributed by atoms with E-state index in [0.717, 1.165) is 25.3 Å². The Hall–Kier alpha value is -2.19. The fourth-order valence-electron chi connectivity index (χ4n) is 2.95. The molecule has 0 saturated carbocycles. The van der Waals surface area contributed by atoms with Gasteiger partial charge < -0.3 is 19.0 Å². The second-order valence-electron chi connectivity index (χ2n) is 6.32. The van der Waals surface area contributed by atoms with Gasteiger partial charge in [-0.25, -0.2) is 0 Å². The van der Waals surface area contributed by atoms with Gasteiger partial charge in [0.2, 0.25) is 11.8 Å². The minimum atomic E-state index is 0.151. The number of carbonyl (C=O) groups is 1. The van der Waals surface area contributed by atoms with Crippen molar-refractivity contribution >= 4 is 18.1 Å². The number of benzene rings is 1. The minimum absolute atomic E-state index is 0.151. The van der Waals surface area contributed by atoms with Crippen molar-refractivity contribution in [2.45, 2.75) is 32.6 Å². The second kappa shape index (κ2) is 7.79. The Morgan fingerprint density at radius 1 is 1.36 bits per heavy atom. The number of hydrogen-bond donors (Lipinski definition) is 1. The first-order chi connectivity index (χ1) is 12.0. The quantitative estimate of drug-likeness (QED) is 0.744. The van der Waals surface area contributed by atoms with Crippen molar-refractivity contribution in [1.29, 1.82) is 0 Å². The molecular formula is C17H23N4O3S+. The molecule has 0 aliphatic carbocycles. The number of ether oxygens (including phenoxy) is 1. The van der Waals surface area contributed by atoms with E-state index in [4.69, 9.17) is 21.4 Å². The van der Waals surface area contributed by atoms with Crippen LogP contribution in [-0.2, 0) is 24.6 Å². The largest absolute Gasteiger partial charge is 0.497 e. The third-order valence-electron chi connectivity index (χ3n) is 4.23. The summed E-state index contributed by atoms with van der Waals surface area (Å²) in [7, 11) is 3.73. The molecule has 0 spiro atoms. The lowest BCUT2D eigenvalue weighted by Crippen LogP contribution is -3.07. The van der Waals surface area contributed by atoms with Gasteiger partial charge in [0.1, 0.15) is 12.3 Å². The van der Waals surface area contributed by atoms with Gasteiger partial charge in [0.05, 0.1) is 20.7 Å². The van der Waals surface area contributed by atoms with Gasteiger partial charge in [-0.05, 0) is 42.9 Å². The Balaban J connectivity index is 1.59. The van der Waals surface area contributed by atoms with Gasteiger partial charge in [0.25, 0.3) is 4.84 Å². The summed E-state index contributed by atoms with van der Waals surface area (Å²) in [6, 6.07) is 8.01. The maximum Gasteiger partial charge on any atom is 0.291 e. The molecule has 1 saturated heterocycles. The first kappa shape index (κ1) is 17.6. The third-order valence-corrected chi connectivity index (χ3v) is 4.52. The molecule has 1 N–H and O–H groups in total. The zero-order chi connectivity index (χ0) is 17.8. The number of rotatable bonds is 7. The summed E-state index contributed by atoms with van der Waals surface area (Å²) in [4.78, 5) is 15.0. The van der Waals surface area contributed by atoms with Gasteiger partial charge in [-0.1, -0.05) is 0 Å². The van der Waals surface area contributed by atoms with Crippen molar-refractivity contribution in [2.24, 2.45) is 0 Å². The van der Waals surface area contributed by atoms with Gasteiger partial charge in [-0.15, -0.1) is 5.10 Å². The predicted octanol–water partition coefficient (Wildman–Crippen LogP) is 1.01. The zero-order valence-corrected chi connectivity index (χ0v) is 15.3. The van der Waals surface area contributed by atoms with Crippen LogP contribution < -0.4 is 9.64 Å². The molecule has 3 rings (SSSR count). The summed E-state index contributed by atoms with van der Waals surface area (Å²) in [6.45, 7) is 2.59. The maximum atomic E-state index is 11.7. The summed E-state index contributed by atoms with van der Waals surface area (Å²) in [5.74, 6) is 1.50. The predicted molar refractivity (Wildman–Crippen MR) is 93.6 cm³/mol. The molecule has 1 amide bonds. The van der Waals surface area contributed by atoms with E-state index in [9.17, 15) is 4.79 Å². The Morgan fingerprint density at radius 3 is 2.76 bits per heavy atom. The first-order valence-electron chi connectivity index (χ1n) is 8.34. The van der Waals surface area contributed by atoms with Crippen molar-refractivity contribution in [3.63, 3.8) is 0 Å². The molecule has 2 aromatic rings. The van der Waals surface area contributed by atoms with Crippen molar-refractivity contribution in [2.75, 3.05) is 20.7 Å². The van der Waals surface area contributed by atoms with E-state index in [2.05, 4.69) is 24.3 Å². The van der Waals surface area contributed by atoms with E-state index in [1.807, 2.05) is 12.1 Å². The van der Waals surface area contributed by atoms with Crippen LogP contribution in [0.15, 0.2) is 28.7 Å². The summed E-state index contributed by atoms with van der Waals surface area (Å²) in [5, 5.41) is 4.43. The lowest BCUT2D eigenvalue weighted by Gasteiger charge is -2.14. The van der Waals surface area contributed by atoms with Gasteiger partial charge in [0.15, 0.2) is 6.67 Å². The van der Waals surface area contributed by atoms with E-state index in [0.29, 0.717) is 30.4 Å². The molecule has 134 valence electrons. The van der Waals surface area contributed by atoms with E-state index in [1.54, 1.807) is 16.7 Å². The molecule has 1 fully saturated rings. The Bertz CT molecular complexity index is 784. The molecule has 2 heterocycles. The van der Waals surface area contributed by atoms with Crippen molar-refractivity contribution in [3.8, 4) is 5.75 Å². The monoisotopic (exact) mass is 363 g/mol. The molecular weight excluding hydrogens is 340 g/mol. The lowest BCUT2D eigenvalue weighted by atomic mass is 10.2. The van der Waals surface area contributed by atoms with Gasteiger partial charge >= 0.3 is 0 Å². The molecule has 1 aromatic heterocycles. The number of methoxy groups -OCH3 is 1. The highest BCUT2D eigenvalue weighted by atomic mass is 32.1. The highest BCUT2D eigenvalue weighted by Gasteiger charge is 2.22. The number of nitrogens with zero attached hydrogens (tertiary/aromatic N) is 3. The van der Waals surface area contributed by atoms with Crippen LogP contribution >= 0.6 is 12.2 Å². The molecule has 0 radical (unpaired) electrons. The number of quaternary nitrogens is 1. The topological polar surface area (TPSA) is 64.9 Å². The number of hydrogen-bond acceptors (Lipinski definition) is 5. The van der Waals surface area contributed by atoms with Gasteiger partial charge in [-0.2, -0.15) is 4.68 Å². The van der Waals surface area contributed by atoms with Crippen molar-refractivity contribution < 1.29 is 18.8 Å². The van der Waals surface area contributed by atoms with Crippen LogP contribution in [-0.4, -0.2) is 41.3 Å². The van der Waals surface area contributed by atoms with E-state index >= 15 is 0 Å². The lowest BCUT2D eigenvalue weighted by molar-refractivity contribution is -0.917. The van der Waals surface area contributed by atoms with Crippen LogP contribution in [0.25, 0.3) is 0 Å².